The molecule has 274 valence electrons. The zero-order chi connectivity index (χ0) is 39.0. The molecule has 0 saturated heterocycles. The van der Waals surface area contributed by atoms with Gasteiger partial charge in [0.1, 0.15) is 0 Å². The van der Waals surface area contributed by atoms with Crippen LogP contribution in [0.25, 0.3) is 21.8 Å². The number of nitrogens with two attached hydrogens (primary N) is 1. The molecule has 2 heterocycles. The molecule has 0 unspecified atom stereocenters. The lowest BCUT2D eigenvalue weighted by Crippen LogP contribution is -2.21. The minimum absolute atomic E-state index is 0.0188. The van der Waals surface area contributed by atoms with Crippen molar-refractivity contribution in [2.75, 3.05) is 7.05 Å². The fraction of sp³-hybridized carbons (Fsp3) is 0.135. The SMILES string of the molecule is CNC(=O)Cc1c(C)n(C(=O)c2ccc(Cl)c(Cl)c2)c2ccc(O)c(F)c12.Cc1c(CC(N)=O)c2c(F)c(O)ccc2n1C(=O)c1ccc(Cl)c(Cl)c1. The molecule has 0 bridgehead atoms. The molecule has 0 radical (unpaired) electrons. The Morgan fingerprint density at radius 2 is 1.06 bits per heavy atom. The number of primary amides is 1. The van der Waals surface area contributed by atoms with Crippen LogP contribution in [0.5, 0.6) is 11.5 Å². The van der Waals surface area contributed by atoms with Crippen molar-refractivity contribution in [3.63, 3.8) is 0 Å². The summed E-state index contributed by atoms with van der Waals surface area (Å²) in [5.41, 5.74) is 7.52. The number of rotatable bonds is 6. The van der Waals surface area contributed by atoms with Crippen LogP contribution in [0.15, 0.2) is 60.7 Å². The minimum atomic E-state index is -0.914. The molecular weight excluding hydrogens is 776 g/mol. The number of aromatic nitrogens is 2. The van der Waals surface area contributed by atoms with E-state index in [1.807, 2.05) is 0 Å². The Morgan fingerprint density at radius 1 is 0.660 bits per heavy atom. The first-order valence-corrected chi connectivity index (χ1v) is 17.0. The smallest absolute Gasteiger partial charge is 0.262 e. The molecule has 16 heteroatoms. The zero-order valence-electron chi connectivity index (χ0n) is 28.0. The Balaban J connectivity index is 0.000000204. The monoisotopic (exact) mass is 802 g/mol. The number of benzene rings is 4. The maximum atomic E-state index is 14.6. The number of phenolic OH excluding ortho intramolecular Hbond substituents is 2. The number of amides is 2. The van der Waals surface area contributed by atoms with E-state index in [0.29, 0.717) is 27.0 Å². The van der Waals surface area contributed by atoms with Gasteiger partial charge in [-0.1, -0.05) is 46.4 Å². The number of phenols is 2. The van der Waals surface area contributed by atoms with E-state index in [4.69, 9.17) is 52.1 Å². The lowest BCUT2D eigenvalue weighted by atomic mass is 10.1. The van der Waals surface area contributed by atoms with Gasteiger partial charge in [0.25, 0.3) is 11.8 Å². The number of carbonyl (C=O) groups is 4. The van der Waals surface area contributed by atoms with Crippen molar-refractivity contribution in [2.45, 2.75) is 26.7 Å². The maximum Gasteiger partial charge on any atom is 0.262 e. The second-order valence-corrected chi connectivity index (χ2v) is 13.4. The number of carbonyl (C=O) groups excluding carboxylic acids is 4. The standard InChI is InChI=1S/C19H15Cl2FN2O3.C18H13Cl2FN2O3/c1-9-11(8-16(26)23-2)17-14(5-6-15(25)18(17)22)24(9)19(27)10-3-4-12(20)13(21)7-10;1-8-10(7-15(22)25)16-13(4-5-14(24)17(16)21)23(8)18(26)9-2-3-11(19)12(20)6-9/h3-7,25H,8H2,1-2H3,(H,23,26);2-6,24H,7H2,1H3,(H2,22,25). The van der Waals surface area contributed by atoms with Gasteiger partial charge >= 0.3 is 0 Å². The predicted molar refractivity (Wildman–Crippen MR) is 200 cm³/mol. The predicted octanol–water partition coefficient (Wildman–Crippen LogP) is 7.90. The largest absolute Gasteiger partial charge is 0.505 e. The molecule has 0 saturated carbocycles. The normalized spacial score (nSPS) is 11.0. The van der Waals surface area contributed by atoms with Crippen LogP contribution in [0, 0.1) is 25.5 Å². The number of fused-ring (bicyclic) bond motifs is 2. The molecule has 2 aromatic heterocycles. The Bertz CT molecular complexity index is 2510. The van der Waals surface area contributed by atoms with Gasteiger partial charge in [0, 0.05) is 40.3 Å². The molecule has 0 aliphatic carbocycles. The molecule has 6 aromatic rings. The number of nitrogens with zero attached hydrogens (tertiary/aromatic N) is 2. The first-order chi connectivity index (χ1) is 25.0. The van der Waals surface area contributed by atoms with Crippen LogP contribution >= 0.6 is 46.4 Å². The number of likely N-dealkylation sites (N-methyl/N-ethyl adjacent to an activating group) is 1. The molecule has 0 atom stereocenters. The molecule has 4 aromatic carbocycles. The van der Waals surface area contributed by atoms with Crippen molar-refractivity contribution in [1.29, 1.82) is 0 Å². The highest BCUT2D eigenvalue weighted by Crippen LogP contribution is 2.36. The molecule has 0 aliphatic rings. The van der Waals surface area contributed by atoms with Crippen LogP contribution in [0.2, 0.25) is 20.1 Å². The Morgan fingerprint density at radius 3 is 1.42 bits per heavy atom. The first kappa shape index (κ1) is 39.1. The average molecular weight is 804 g/mol. The number of halogens is 6. The van der Waals surface area contributed by atoms with Gasteiger partial charge in [-0.05, 0) is 85.6 Å². The molecule has 0 spiro atoms. The van der Waals surface area contributed by atoms with Gasteiger partial charge < -0.3 is 21.3 Å². The molecule has 2 amide bonds. The number of nitrogens with one attached hydrogen (secondary N) is 1. The van der Waals surface area contributed by atoms with Crippen molar-refractivity contribution in [2.24, 2.45) is 5.73 Å². The Kier molecular flexibility index (Phi) is 11.4. The summed E-state index contributed by atoms with van der Waals surface area (Å²) in [5, 5.41) is 22.9. The Labute approximate surface area is 320 Å². The summed E-state index contributed by atoms with van der Waals surface area (Å²) < 4.78 is 31.7. The van der Waals surface area contributed by atoms with Crippen molar-refractivity contribution in [3.8, 4) is 11.5 Å². The van der Waals surface area contributed by atoms with Crippen molar-refractivity contribution in [3.05, 3.63) is 126 Å². The van der Waals surface area contributed by atoms with E-state index in [0.717, 1.165) is 6.07 Å². The van der Waals surface area contributed by atoms with E-state index in [2.05, 4.69) is 5.32 Å². The van der Waals surface area contributed by atoms with Crippen LogP contribution in [-0.4, -0.2) is 50.0 Å². The molecule has 53 heavy (non-hydrogen) atoms. The summed E-state index contributed by atoms with van der Waals surface area (Å²) in [7, 11) is 1.46. The molecular formula is C37H28Cl4F2N4O6. The molecule has 6 rings (SSSR count). The zero-order valence-corrected chi connectivity index (χ0v) is 31.0. The van der Waals surface area contributed by atoms with E-state index in [9.17, 15) is 38.2 Å². The molecule has 10 nitrogen and oxygen atoms in total. The van der Waals surface area contributed by atoms with Gasteiger partial charge in [-0.2, -0.15) is 0 Å². The van der Waals surface area contributed by atoms with E-state index >= 15 is 0 Å². The van der Waals surface area contributed by atoms with Gasteiger partial charge in [0.2, 0.25) is 11.8 Å². The lowest BCUT2D eigenvalue weighted by molar-refractivity contribution is -0.120. The third kappa shape index (κ3) is 7.40. The van der Waals surface area contributed by atoms with Gasteiger partial charge in [0.15, 0.2) is 23.1 Å². The highest BCUT2D eigenvalue weighted by atomic mass is 35.5. The van der Waals surface area contributed by atoms with E-state index in [1.54, 1.807) is 13.8 Å². The molecule has 5 N–H and O–H groups in total. The van der Waals surface area contributed by atoms with Gasteiger partial charge in [0.05, 0.1) is 44.0 Å². The number of aromatic hydroxyl groups is 2. The third-order valence-electron chi connectivity index (χ3n) is 8.54. The van der Waals surface area contributed by atoms with E-state index < -0.39 is 40.9 Å². The summed E-state index contributed by atoms with van der Waals surface area (Å²) in [6, 6.07) is 14.0. The fourth-order valence-electron chi connectivity index (χ4n) is 5.95. The van der Waals surface area contributed by atoms with Gasteiger partial charge in [-0.25, -0.2) is 8.78 Å². The van der Waals surface area contributed by atoms with Gasteiger partial charge in [-0.15, -0.1) is 0 Å². The highest BCUT2D eigenvalue weighted by Gasteiger charge is 2.26. The average Bonchev–Trinajstić information content (AvgIpc) is 3.55. The van der Waals surface area contributed by atoms with Crippen LogP contribution in [-0.2, 0) is 22.4 Å². The summed E-state index contributed by atoms with van der Waals surface area (Å²) in [6.45, 7) is 3.19. The van der Waals surface area contributed by atoms with E-state index in [-0.39, 0.29) is 67.3 Å². The third-order valence-corrected chi connectivity index (χ3v) is 10.0. The molecule has 0 fully saturated rings. The summed E-state index contributed by atoms with van der Waals surface area (Å²) in [4.78, 5) is 49.4. The van der Waals surface area contributed by atoms with Crippen LogP contribution in [0.1, 0.15) is 43.2 Å². The summed E-state index contributed by atoms with van der Waals surface area (Å²) in [5.74, 6) is -4.89. The van der Waals surface area contributed by atoms with E-state index in [1.165, 1.54) is 70.8 Å². The van der Waals surface area contributed by atoms with Crippen molar-refractivity contribution < 1.29 is 38.2 Å². The number of hydrogen-bond donors (Lipinski definition) is 4. The van der Waals surface area contributed by atoms with Crippen LogP contribution in [0.4, 0.5) is 8.78 Å². The maximum absolute atomic E-state index is 14.6. The quantitative estimate of drug-likeness (QED) is 0.134. The molecule has 0 aliphatic heterocycles. The fourth-order valence-corrected chi connectivity index (χ4v) is 6.54. The lowest BCUT2D eigenvalue weighted by Gasteiger charge is -2.08. The minimum Gasteiger partial charge on any atom is -0.505 e. The van der Waals surface area contributed by atoms with Gasteiger partial charge in [-0.3, -0.25) is 28.3 Å². The number of hydrogen-bond acceptors (Lipinski definition) is 6. The second kappa shape index (κ2) is 15.5. The highest BCUT2D eigenvalue weighted by molar-refractivity contribution is 6.42. The Hall–Kier alpha value is -5.14. The first-order valence-electron chi connectivity index (χ1n) is 15.5. The van der Waals surface area contributed by atoms with Crippen LogP contribution in [0.3, 0.4) is 0 Å². The second-order valence-electron chi connectivity index (χ2n) is 11.7. The topological polar surface area (TPSA) is 157 Å². The summed E-state index contributed by atoms with van der Waals surface area (Å²) >= 11 is 23.8. The van der Waals surface area contributed by atoms with Crippen molar-refractivity contribution >= 4 is 91.8 Å². The van der Waals surface area contributed by atoms with Crippen molar-refractivity contribution in [1.82, 2.24) is 14.5 Å². The van der Waals surface area contributed by atoms with Crippen LogP contribution < -0.4 is 11.1 Å². The summed E-state index contributed by atoms with van der Waals surface area (Å²) in [6.07, 6.45) is -0.411.